The highest BCUT2D eigenvalue weighted by atomic mass is 15.2. The van der Waals surface area contributed by atoms with Gasteiger partial charge in [0.05, 0.1) is 11.9 Å². The van der Waals surface area contributed by atoms with Crippen LogP contribution in [0.25, 0.3) is 11.3 Å². The molecule has 5 nitrogen and oxygen atoms in total. The van der Waals surface area contributed by atoms with Crippen molar-refractivity contribution >= 4 is 5.82 Å². The van der Waals surface area contributed by atoms with Gasteiger partial charge in [0.1, 0.15) is 5.82 Å². The maximum atomic E-state index is 5.76. The lowest BCUT2D eigenvalue weighted by Gasteiger charge is -1.98. The maximum absolute atomic E-state index is 5.76. The van der Waals surface area contributed by atoms with Crippen LogP contribution in [-0.4, -0.2) is 20.4 Å². The van der Waals surface area contributed by atoms with Gasteiger partial charge in [-0.2, -0.15) is 10.2 Å². The predicted molar refractivity (Wildman–Crippen MR) is 54.6 cm³/mol. The van der Waals surface area contributed by atoms with E-state index in [0.717, 1.165) is 29.7 Å². The van der Waals surface area contributed by atoms with Crippen LogP contribution in [0.3, 0.4) is 0 Å². The SMILES string of the molecule is CCCc1c(N)n[nH]c1-c1cn[nH]c1. The minimum Gasteiger partial charge on any atom is -0.382 e. The molecule has 74 valence electrons. The number of nitrogen functional groups attached to an aromatic ring is 1. The quantitative estimate of drug-likeness (QED) is 0.684. The van der Waals surface area contributed by atoms with Crippen LogP contribution >= 0.6 is 0 Å². The molecule has 5 heteroatoms. The van der Waals surface area contributed by atoms with Crippen LogP contribution in [0.4, 0.5) is 5.82 Å². The Morgan fingerprint density at radius 3 is 3.00 bits per heavy atom. The summed E-state index contributed by atoms with van der Waals surface area (Å²) in [5.74, 6) is 0.586. The zero-order chi connectivity index (χ0) is 9.97. The summed E-state index contributed by atoms with van der Waals surface area (Å²) in [6, 6.07) is 0. The van der Waals surface area contributed by atoms with Crippen molar-refractivity contribution in [3.8, 4) is 11.3 Å². The van der Waals surface area contributed by atoms with Crippen molar-refractivity contribution in [2.45, 2.75) is 19.8 Å². The summed E-state index contributed by atoms with van der Waals surface area (Å²) in [7, 11) is 0. The molecule has 0 bridgehead atoms. The summed E-state index contributed by atoms with van der Waals surface area (Å²) in [4.78, 5) is 0. The summed E-state index contributed by atoms with van der Waals surface area (Å²) in [6.45, 7) is 2.12. The third kappa shape index (κ3) is 1.37. The van der Waals surface area contributed by atoms with Crippen LogP contribution in [0.2, 0.25) is 0 Å². The molecule has 0 spiro atoms. The van der Waals surface area contributed by atoms with E-state index >= 15 is 0 Å². The molecule has 0 radical (unpaired) electrons. The maximum Gasteiger partial charge on any atom is 0.149 e. The van der Waals surface area contributed by atoms with E-state index in [0.29, 0.717) is 5.82 Å². The smallest absolute Gasteiger partial charge is 0.149 e. The minimum absolute atomic E-state index is 0.586. The predicted octanol–water partition coefficient (Wildman–Crippen LogP) is 1.33. The molecular formula is C9H13N5. The average Bonchev–Trinajstić information content (AvgIpc) is 2.77. The lowest BCUT2D eigenvalue weighted by atomic mass is 10.1. The summed E-state index contributed by atoms with van der Waals surface area (Å²) in [5, 5.41) is 13.6. The third-order valence-electron chi connectivity index (χ3n) is 2.19. The normalized spacial score (nSPS) is 10.6. The van der Waals surface area contributed by atoms with Crippen LogP contribution in [0.5, 0.6) is 0 Å². The van der Waals surface area contributed by atoms with Crippen molar-refractivity contribution in [1.82, 2.24) is 20.4 Å². The molecule has 0 atom stereocenters. The van der Waals surface area contributed by atoms with Crippen LogP contribution in [0.1, 0.15) is 18.9 Å². The van der Waals surface area contributed by atoms with Crippen LogP contribution in [0.15, 0.2) is 12.4 Å². The molecule has 0 aliphatic rings. The summed E-state index contributed by atoms with van der Waals surface area (Å²) in [6.07, 6.45) is 5.57. The highest BCUT2D eigenvalue weighted by Gasteiger charge is 2.11. The molecule has 2 heterocycles. The minimum atomic E-state index is 0.586. The molecule has 0 aliphatic carbocycles. The van der Waals surface area contributed by atoms with E-state index in [1.807, 2.05) is 6.20 Å². The van der Waals surface area contributed by atoms with Gasteiger partial charge in [-0.1, -0.05) is 13.3 Å². The molecule has 2 rings (SSSR count). The van der Waals surface area contributed by atoms with Gasteiger partial charge in [0.25, 0.3) is 0 Å². The fourth-order valence-electron chi connectivity index (χ4n) is 1.51. The van der Waals surface area contributed by atoms with Crippen LogP contribution in [-0.2, 0) is 6.42 Å². The molecule has 2 aromatic heterocycles. The zero-order valence-electron chi connectivity index (χ0n) is 8.04. The Kier molecular flexibility index (Phi) is 2.22. The number of aromatic amines is 2. The van der Waals surface area contributed by atoms with E-state index in [4.69, 9.17) is 5.73 Å². The van der Waals surface area contributed by atoms with E-state index in [1.54, 1.807) is 6.20 Å². The van der Waals surface area contributed by atoms with Gasteiger partial charge >= 0.3 is 0 Å². The van der Waals surface area contributed by atoms with Crippen molar-refractivity contribution < 1.29 is 0 Å². The second-order valence-corrected chi connectivity index (χ2v) is 3.20. The van der Waals surface area contributed by atoms with Gasteiger partial charge in [0.2, 0.25) is 0 Å². The largest absolute Gasteiger partial charge is 0.382 e. The molecule has 0 unspecified atom stereocenters. The lowest BCUT2D eigenvalue weighted by molar-refractivity contribution is 0.927. The molecule has 0 saturated heterocycles. The molecular weight excluding hydrogens is 178 g/mol. The molecule has 0 aromatic carbocycles. The van der Waals surface area contributed by atoms with E-state index in [9.17, 15) is 0 Å². The fraction of sp³-hybridized carbons (Fsp3) is 0.333. The lowest BCUT2D eigenvalue weighted by Crippen LogP contribution is -1.92. The number of nitrogens with two attached hydrogens (primary N) is 1. The summed E-state index contributed by atoms with van der Waals surface area (Å²) < 4.78 is 0. The topological polar surface area (TPSA) is 83.4 Å². The van der Waals surface area contributed by atoms with Crippen molar-refractivity contribution in [2.75, 3.05) is 5.73 Å². The molecule has 0 aliphatic heterocycles. The molecule has 2 aromatic rings. The number of anilines is 1. The molecule has 4 N–H and O–H groups in total. The highest BCUT2D eigenvalue weighted by Crippen LogP contribution is 2.25. The second-order valence-electron chi connectivity index (χ2n) is 3.20. The van der Waals surface area contributed by atoms with Gasteiger partial charge in [-0.25, -0.2) is 0 Å². The standard InChI is InChI=1S/C9H13N5/c1-2-3-7-8(13-14-9(7)10)6-4-11-12-5-6/h4-5H,2-3H2,1H3,(H,11,12)(H3,10,13,14). The van der Waals surface area contributed by atoms with Gasteiger partial charge in [-0.15, -0.1) is 0 Å². The van der Waals surface area contributed by atoms with E-state index in [2.05, 4.69) is 27.3 Å². The van der Waals surface area contributed by atoms with Gasteiger partial charge < -0.3 is 5.73 Å². The summed E-state index contributed by atoms with van der Waals surface area (Å²) in [5.41, 5.74) is 8.81. The molecule has 0 fully saturated rings. The monoisotopic (exact) mass is 191 g/mol. The van der Waals surface area contributed by atoms with Crippen molar-refractivity contribution in [1.29, 1.82) is 0 Å². The average molecular weight is 191 g/mol. The van der Waals surface area contributed by atoms with E-state index in [1.165, 1.54) is 0 Å². The van der Waals surface area contributed by atoms with Gasteiger partial charge in [-0.3, -0.25) is 10.2 Å². The van der Waals surface area contributed by atoms with Crippen LogP contribution in [0, 0.1) is 0 Å². The first-order chi connectivity index (χ1) is 6.83. The van der Waals surface area contributed by atoms with Crippen molar-refractivity contribution in [3.05, 3.63) is 18.0 Å². The number of H-pyrrole nitrogens is 2. The van der Waals surface area contributed by atoms with Gasteiger partial charge in [0.15, 0.2) is 0 Å². The first kappa shape index (κ1) is 8.80. The Hall–Kier alpha value is -1.78. The summed E-state index contributed by atoms with van der Waals surface area (Å²) >= 11 is 0. The number of aromatic nitrogens is 4. The second kappa shape index (κ2) is 3.53. The van der Waals surface area contributed by atoms with E-state index in [-0.39, 0.29) is 0 Å². The van der Waals surface area contributed by atoms with Crippen molar-refractivity contribution in [2.24, 2.45) is 0 Å². The molecule has 0 amide bonds. The first-order valence-electron chi connectivity index (χ1n) is 4.64. The molecule has 0 saturated carbocycles. The van der Waals surface area contributed by atoms with Gasteiger partial charge in [0, 0.05) is 17.3 Å². The van der Waals surface area contributed by atoms with Gasteiger partial charge in [-0.05, 0) is 6.42 Å². The zero-order valence-corrected chi connectivity index (χ0v) is 8.04. The first-order valence-corrected chi connectivity index (χ1v) is 4.64. The number of nitrogens with one attached hydrogen (secondary N) is 2. The molecule has 14 heavy (non-hydrogen) atoms. The third-order valence-corrected chi connectivity index (χ3v) is 2.19. The van der Waals surface area contributed by atoms with Crippen molar-refractivity contribution in [3.63, 3.8) is 0 Å². The number of hydrogen-bond acceptors (Lipinski definition) is 3. The Morgan fingerprint density at radius 2 is 2.36 bits per heavy atom. The number of nitrogens with zero attached hydrogens (tertiary/aromatic N) is 2. The Bertz CT molecular complexity index is 401. The number of hydrogen-bond donors (Lipinski definition) is 3. The Morgan fingerprint density at radius 1 is 1.50 bits per heavy atom. The Labute approximate surface area is 81.7 Å². The Balaban J connectivity index is 2.43. The number of rotatable bonds is 3. The van der Waals surface area contributed by atoms with E-state index < -0.39 is 0 Å². The van der Waals surface area contributed by atoms with Crippen LogP contribution < -0.4 is 5.73 Å². The highest BCUT2D eigenvalue weighted by molar-refractivity contribution is 5.66. The fourth-order valence-corrected chi connectivity index (χ4v) is 1.51.